The molecule has 1 heterocycles. The molecule has 60 heavy (non-hydrogen) atoms. The smallest absolute Gasteiger partial charge is 0.149 e. The van der Waals surface area contributed by atoms with Crippen LogP contribution in [0.1, 0.15) is 27.8 Å². The highest BCUT2D eigenvalue weighted by molar-refractivity contribution is 14.1. The van der Waals surface area contributed by atoms with E-state index in [-0.39, 0.29) is 128 Å². The molecule has 0 bridgehead atoms. The van der Waals surface area contributed by atoms with E-state index in [1.807, 2.05) is 157 Å². The minimum absolute atomic E-state index is 0.0299. The monoisotopic (exact) mass is 1730 g/mol. The Morgan fingerprint density at radius 3 is 0.600 bits per heavy atom. The number of nitrogens with zero attached hydrogens (tertiary/aromatic N) is 4. The van der Waals surface area contributed by atoms with Crippen LogP contribution >= 0.6 is 181 Å². The predicted molar refractivity (Wildman–Crippen MR) is 292 cm³/mol. The molecule has 0 atom stereocenters. The van der Waals surface area contributed by atoms with E-state index < -0.39 is 0 Å². The van der Waals surface area contributed by atoms with E-state index in [1.165, 1.54) is 0 Å². The predicted octanol–water partition coefficient (Wildman–Crippen LogP) is 7.92. The van der Waals surface area contributed by atoms with E-state index in [0.29, 0.717) is 65.1 Å². The molecule has 1 fully saturated rings. The quantitative estimate of drug-likeness (QED) is 0.0753. The van der Waals surface area contributed by atoms with Gasteiger partial charge in [0.1, 0.15) is 63.2 Å². The van der Waals surface area contributed by atoms with Crippen molar-refractivity contribution in [3.63, 3.8) is 0 Å². The average molecular weight is 1730 g/mol. The summed E-state index contributed by atoms with van der Waals surface area (Å²) in [6.45, 7) is 4.91. The van der Waals surface area contributed by atoms with Crippen molar-refractivity contribution in [2.24, 2.45) is 0 Å². The highest BCUT2D eigenvalue weighted by Crippen LogP contribution is 2.47. The van der Waals surface area contributed by atoms with E-state index in [1.54, 1.807) is 0 Å². The molecule has 15 nitrogen and oxygen atoms in total. The zero-order valence-electron chi connectivity index (χ0n) is 31.2. The van der Waals surface area contributed by atoms with Gasteiger partial charge in [-0.25, -0.2) is 0 Å². The van der Waals surface area contributed by atoms with E-state index in [2.05, 4.69) is 50.1 Å². The van der Waals surface area contributed by atoms with Crippen molar-refractivity contribution >= 4 is 181 Å². The summed E-state index contributed by atoms with van der Waals surface area (Å²) in [4.78, 5) is 8.08. The van der Waals surface area contributed by atoms with E-state index in [0.717, 1.165) is 5.56 Å². The van der Waals surface area contributed by atoms with Crippen molar-refractivity contribution in [2.75, 3.05) is 52.4 Å². The fraction of sp³-hybridized carbons (Fsp3) is 0.351. The number of phenols is 11. The summed E-state index contributed by atoms with van der Waals surface area (Å²) >= 11 is 15.1. The summed E-state index contributed by atoms with van der Waals surface area (Å²) in [6, 6.07) is 0. The summed E-state index contributed by atoms with van der Waals surface area (Å²) in [6.07, 6.45) is 0. The third-order valence-electron chi connectivity index (χ3n) is 10.3. The molecule has 0 aromatic heterocycles. The van der Waals surface area contributed by atoms with Gasteiger partial charge in [-0.3, -0.25) is 19.6 Å². The van der Waals surface area contributed by atoms with Crippen LogP contribution in [0.3, 0.4) is 0 Å². The molecular weight excluding hydrogens is 1690 g/mol. The van der Waals surface area contributed by atoms with E-state index in [9.17, 15) is 56.2 Å². The molecule has 0 saturated carbocycles. The molecule has 1 aliphatic heterocycles. The Kier molecular flexibility index (Phi) is 18.6. The average Bonchev–Trinajstić information content (AvgIpc) is 3.23. The number of rotatable bonds is 8. The SMILES string of the molecule is Cc1c(I)c(O)c(CN2CCN(Cc3c(O)c(I)c(O)c(I)c3O)CCN(Cc3c(O)c(I)c(O)c(I)c3O)CCN(Cc3c(O)c(I)c(O)c(I)c3O)CC2)c(O)c1I. The Morgan fingerprint density at radius 2 is 0.433 bits per heavy atom. The number of benzene rings is 4. The van der Waals surface area contributed by atoms with Gasteiger partial charge in [0.15, 0.2) is 0 Å². The van der Waals surface area contributed by atoms with Gasteiger partial charge in [0.25, 0.3) is 0 Å². The van der Waals surface area contributed by atoms with E-state index >= 15 is 0 Å². The van der Waals surface area contributed by atoms with Gasteiger partial charge in [0, 0.05) is 78.5 Å². The summed E-state index contributed by atoms with van der Waals surface area (Å²) in [5, 5.41) is 121. The first-order valence-electron chi connectivity index (χ1n) is 17.7. The zero-order valence-corrected chi connectivity index (χ0v) is 48.5. The van der Waals surface area contributed by atoms with Crippen molar-refractivity contribution in [3.05, 3.63) is 56.4 Å². The van der Waals surface area contributed by atoms with Crippen LogP contribution in [0.4, 0.5) is 0 Å². The Hall–Kier alpha value is 0.360. The lowest BCUT2D eigenvalue weighted by atomic mass is 10.1. The first-order chi connectivity index (χ1) is 28.1. The highest BCUT2D eigenvalue weighted by atomic mass is 127. The molecule has 23 heteroatoms. The number of halogens is 8. The summed E-state index contributed by atoms with van der Waals surface area (Å²) < 4.78 is 2.35. The maximum Gasteiger partial charge on any atom is 0.149 e. The molecule has 0 amide bonds. The van der Waals surface area contributed by atoms with Crippen molar-refractivity contribution in [1.82, 2.24) is 19.6 Å². The molecule has 0 radical (unpaired) electrons. The van der Waals surface area contributed by atoms with Crippen molar-refractivity contribution in [2.45, 2.75) is 33.1 Å². The van der Waals surface area contributed by atoms with Crippen molar-refractivity contribution in [1.29, 1.82) is 0 Å². The second-order valence-electron chi connectivity index (χ2n) is 14.0. The number of hydrogen-bond donors (Lipinski definition) is 11. The number of aromatic hydroxyl groups is 11. The minimum atomic E-state index is -0.264. The largest absolute Gasteiger partial charge is 0.506 e. The standard InChI is InChI=1S/C37H38I8N4O11/c1-14-19(38)27(50)15(28(51)20(14)39)10-46-2-4-47(11-16-29(52)21(40)35(58)22(41)30(16)53)6-8-49(13-18-33(56)25(44)37(60)26(45)34(18)57)9-7-48(5-3-46)12-17-31(54)23(42)36(59)24(43)32(17)55/h50-60H,2-13H2,1H3. The van der Waals surface area contributed by atoms with Gasteiger partial charge >= 0.3 is 0 Å². The highest BCUT2D eigenvalue weighted by Gasteiger charge is 2.29. The van der Waals surface area contributed by atoms with Gasteiger partial charge in [0.2, 0.25) is 0 Å². The lowest BCUT2D eigenvalue weighted by Gasteiger charge is -2.35. The fourth-order valence-corrected chi connectivity index (χ4v) is 13.5. The lowest BCUT2D eigenvalue weighted by Crippen LogP contribution is -2.45. The third-order valence-corrected chi connectivity index (χ3v) is 19.1. The Balaban J connectivity index is 1.59. The molecular formula is C37H38I8N4O11. The molecule has 1 aliphatic rings. The normalized spacial score (nSPS) is 15.6. The van der Waals surface area contributed by atoms with Crippen molar-refractivity contribution in [3.8, 4) is 63.2 Å². The Bertz CT molecular complexity index is 1870. The molecule has 11 N–H and O–H groups in total. The van der Waals surface area contributed by atoms with Gasteiger partial charge in [-0.15, -0.1) is 0 Å². The van der Waals surface area contributed by atoms with Gasteiger partial charge in [-0.2, -0.15) is 0 Å². The van der Waals surface area contributed by atoms with E-state index in [4.69, 9.17) is 0 Å². The molecule has 4 aromatic rings. The first kappa shape index (κ1) is 51.3. The third kappa shape index (κ3) is 11.0. The van der Waals surface area contributed by atoms with Crippen LogP contribution in [0.2, 0.25) is 0 Å². The maximum atomic E-state index is 11.3. The van der Waals surface area contributed by atoms with Crippen molar-refractivity contribution < 1.29 is 56.2 Å². The number of phenolic OH excluding ortho intramolecular Hbond substituents is 11. The Labute approximate surface area is 454 Å². The maximum absolute atomic E-state index is 11.3. The lowest BCUT2D eigenvalue weighted by molar-refractivity contribution is 0.119. The molecule has 4 aromatic carbocycles. The van der Waals surface area contributed by atoms with Crippen LogP contribution in [-0.4, -0.2) is 128 Å². The summed E-state index contributed by atoms with van der Waals surface area (Å²) in [7, 11) is 0. The van der Waals surface area contributed by atoms with Crippen LogP contribution in [-0.2, 0) is 26.2 Å². The van der Waals surface area contributed by atoms with Crippen LogP contribution in [0.5, 0.6) is 63.2 Å². The molecule has 328 valence electrons. The Morgan fingerprint density at radius 1 is 0.283 bits per heavy atom. The van der Waals surface area contributed by atoms with Crippen LogP contribution in [0, 0.1) is 35.5 Å². The van der Waals surface area contributed by atoms with Gasteiger partial charge in [-0.05, 0) is 193 Å². The fourth-order valence-electron chi connectivity index (χ4n) is 6.63. The summed E-state index contributed by atoms with van der Waals surface area (Å²) in [5.41, 5.74) is 1.73. The second-order valence-corrected chi connectivity index (χ2v) is 22.6. The minimum Gasteiger partial charge on any atom is -0.506 e. The molecule has 0 aliphatic carbocycles. The number of hydrogen-bond acceptors (Lipinski definition) is 15. The first-order valence-corrected chi connectivity index (χ1v) is 26.3. The van der Waals surface area contributed by atoms with Gasteiger partial charge in [0.05, 0.1) is 50.8 Å². The molecule has 0 unspecified atom stereocenters. The molecule has 1 saturated heterocycles. The van der Waals surface area contributed by atoms with Crippen LogP contribution in [0.15, 0.2) is 0 Å². The van der Waals surface area contributed by atoms with Gasteiger partial charge in [-0.1, -0.05) is 0 Å². The topological polar surface area (TPSA) is 235 Å². The molecule has 5 rings (SSSR count). The van der Waals surface area contributed by atoms with Gasteiger partial charge < -0.3 is 56.2 Å². The second kappa shape index (κ2) is 21.8. The summed E-state index contributed by atoms with van der Waals surface area (Å²) in [5.74, 6) is -2.32. The molecule has 0 spiro atoms. The van der Waals surface area contributed by atoms with Crippen LogP contribution < -0.4 is 0 Å². The zero-order chi connectivity index (χ0) is 44.7. The van der Waals surface area contributed by atoms with Crippen LogP contribution in [0.25, 0.3) is 0 Å².